The fourth-order valence-electron chi connectivity index (χ4n) is 2.85. The number of guanidine groups is 1. The molecule has 0 saturated carbocycles. The molecule has 2 aromatic rings. The minimum atomic E-state index is -1.39. The van der Waals surface area contributed by atoms with Crippen LogP contribution in [0, 0.1) is 0 Å². The highest BCUT2D eigenvalue weighted by Gasteiger charge is 2.37. The van der Waals surface area contributed by atoms with E-state index in [9.17, 15) is 19.7 Å². The number of aromatic carboxylic acids is 1. The number of aromatic nitrogens is 1. The Morgan fingerprint density at radius 3 is 2.86 bits per heavy atom. The first-order chi connectivity index (χ1) is 13.3. The predicted molar refractivity (Wildman–Crippen MR) is 101 cm³/mol. The molecule has 1 atom stereocenters. The zero-order valence-corrected chi connectivity index (χ0v) is 14.7. The summed E-state index contributed by atoms with van der Waals surface area (Å²) in [4.78, 5) is 31.8. The number of benzene rings is 1. The third-order valence-corrected chi connectivity index (χ3v) is 4.17. The van der Waals surface area contributed by atoms with Gasteiger partial charge in [0.1, 0.15) is 5.75 Å². The number of hydrogen-bond donors (Lipinski definition) is 5. The molecule has 0 bridgehead atoms. The Kier molecular flexibility index (Phi) is 5.45. The van der Waals surface area contributed by atoms with E-state index < -0.39 is 24.9 Å². The number of nitrogens with zero attached hydrogens (tertiary/aromatic N) is 2. The van der Waals surface area contributed by atoms with Crippen LogP contribution < -0.4 is 21.4 Å². The number of carboxylic acids is 1. The number of hydrogen-bond acceptors (Lipinski definition) is 6. The van der Waals surface area contributed by atoms with Crippen molar-refractivity contribution in [1.29, 1.82) is 0 Å². The van der Waals surface area contributed by atoms with Crippen molar-refractivity contribution >= 4 is 25.0 Å². The quantitative estimate of drug-likeness (QED) is 0.256. The van der Waals surface area contributed by atoms with Gasteiger partial charge in [-0.15, -0.1) is 0 Å². The number of para-hydroxylation sites is 1. The topological polar surface area (TPSA) is 173 Å². The molecule has 1 aromatic heterocycles. The molecule has 1 aliphatic heterocycles. The molecule has 144 valence electrons. The van der Waals surface area contributed by atoms with E-state index in [2.05, 4.69) is 15.3 Å². The zero-order chi connectivity index (χ0) is 20.3. The van der Waals surface area contributed by atoms with Crippen molar-refractivity contribution in [2.45, 2.75) is 18.9 Å². The van der Waals surface area contributed by atoms with E-state index in [0.29, 0.717) is 16.8 Å². The van der Waals surface area contributed by atoms with Gasteiger partial charge >= 0.3 is 13.1 Å². The van der Waals surface area contributed by atoms with E-state index in [4.69, 9.17) is 16.1 Å². The second kappa shape index (κ2) is 7.97. The second-order valence-corrected chi connectivity index (χ2v) is 6.17. The SMILES string of the molecule is NC(N)=NCc1cc(C(=O)NC2Cc3cccc(C(=O)O)c3OB2O)ccn1. The predicted octanol–water partition coefficient (Wildman–Crippen LogP) is -0.694. The van der Waals surface area contributed by atoms with Gasteiger partial charge in [0, 0.05) is 11.8 Å². The van der Waals surface area contributed by atoms with Crippen molar-refractivity contribution in [2.75, 3.05) is 0 Å². The number of amides is 1. The highest BCUT2D eigenvalue weighted by atomic mass is 16.5. The summed E-state index contributed by atoms with van der Waals surface area (Å²) in [5.41, 5.74) is 11.9. The number of fused-ring (bicyclic) bond motifs is 1. The van der Waals surface area contributed by atoms with Gasteiger partial charge in [0.25, 0.3) is 5.91 Å². The van der Waals surface area contributed by atoms with Crippen LogP contribution in [0.3, 0.4) is 0 Å². The van der Waals surface area contributed by atoms with Crippen molar-refractivity contribution in [2.24, 2.45) is 16.5 Å². The van der Waals surface area contributed by atoms with Gasteiger partial charge < -0.3 is 31.6 Å². The van der Waals surface area contributed by atoms with E-state index in [-0.39, 0.29) is 30.2 Å². The summed E-state index contributed by atoms with van der Waals surface area (Å²) in [5.74, 6) is -2.33. The van der Waals surface area contributed by atoms with Crippen molar-refractivity contribution in [1.82, 2.24) is 10.3 Å². The summed E-state index contributed by atoms with van der Waals surface area (Å²) in [6.07, 6.45) is 1.67. The lowest BCUT2D eigenvalue weighted by Crippen LogP contribution is -2.53. The maximum Gasteiger partial charge on any atom is 0.547 e. The average Bonchev–Trinajstić information content (AvgIpc) is 2.66. The normalized spacial score (nSPS) is 15.2. The number of aliphatic imine (C=N–C) groups is 1. The molecule has 0 saturated heterocycles. The lowest BCUT2D eigenvalue weighted by Gasteiger charge is -2.28. The molecule has 1 amide bonds. The van der Waals surface area contributed by atoms with E-state index in [1.165, 1.54) is 24.4 Å². The van der Waals surface area contributed by atoms with E-state index in [1.807, 2.05) is 0 Å². The molecule has 28 heavy (non-hydrogen) atoms. The summed E-state index contributed by atoms with van der Waals surface area (Å²) in [6.45, 7) is 0.129. The van der Waals surface area contributed by atoms with Crippen LogP contribution in [-0.2, 0) is 13.0 Å². The van der Waals surface area contributed by atoms with Crippen LogP contribution in [0.2, 0.25) is 0 Å². The van der Waals surface area contributed by atoms with Crippen LogP contribution in [0.25, 0.3) is 0 Å². The number of rotatable bonds is 5. The number of carbonyl (C=O) groups is 2. The number of pyridine rings is 1. The highest BCUT2D eigenvalue weighted by molar-refractivity contribution is 6.47. The van der Waals surface area contributed by atoms with E-state index in [1.54, 1.807) is 12.1 Å². The van der Waals surface area contributed by atoms with E-state index >= 15 is 0 Å². The van der Waals surface area contributed by atoms with Crippen LogP contribution in [0.4, 0.5) is 0 Å². The van der Waals surface area contributed by atoms with Gasteiger partial charge in [-0.3, -0.25) is 9.78 Å². The molecular formula is C17H18BN5O5. The van der Waals surface area contributed by atoms with Gasteiger partial charge in [0.05, 0.1) is 23.7 Å². The van der Waals surface area contributed by atoms with Crippen LogP contribution in [0.1, 0.15) is 32.0 Å². The molecule has 0 radical (unpaired) electrons. The number of nitrogens with two attached hydrogens (primary N) is 2. The molecule has 2 heterocycles. The first-order valence-electron chi connectivity index (χ1n) is 8.36. The highest BCUT2D eigenvalue weighted by Crippen LogP contribution is 2.30. The number of carbonyl (C=O) groups excluding carboxylic acids is 1. The molecule has 7 N–H and O–H groups in total. The first kappa shape index (κ1) is 19.2. The van der Waals surface area contributed by atoms with Gasteiger partial charge in [-0.1, -0.05) is 12.1 Å². The Morgan fingerprint density at radius 1 is 1.36 bits per heavy atom. The Balaban J connectivity index is 1.75. The fourth-order valence-corrected chi connectivity index (χ4v) is 2.85. The minimum absolute atomic E-state index is 0.0418. The van der Waals surface area contributed by atoms with Gasteiger partial charge in [0.2, 0.25) is 0 Å². The maximum atomic E-state index is 12.6. The number of carboxylic acid groups (broad SMARTS) is 1. The Morgan fingerprint density at radius 2 is 2.14 bits per heavy atom. The molecule has 1 aromatic carbocycles. The van der Waals surface area contributed by atoms with Crippen LogP contribution >= 0.6 is 0 Å². The second-order valence-electron chi connectivity index (χ2n) is 6.17. The summed E-state index contributed by atoms with van der Waals surface area (Å²) in [6, 6.07) is 7.71. The van der Waals surface area contributed by atoms with Crippen molar-refractivity contribution in [3.05, 3.63) is 58.9 Å². The summed E-state index contributed by atoms with van der Waals surface area (Å²) >= 11 is 0. The minimum Gasteiger partial charge on any atom is -0.534 e. The van der Waals surface area contributed by atoms with Crippen molar-refractivity contribution in [3.8, 4) is 5.75 Å². The van der Waals surface area contributed by atoms with Crippen LogP contribution in [0.5, 0.6) is 5.75 Å². The molecule has 11 heteroatoms. The van der Waals surface area contributed by atoms with Gasteiger partial charge in [-0.05, 0) is 30.2 Å². The lowest BCUT2D eigenvalue weighted by atomic mass is 9.72. The molecule has 1 aliphatic rings. The Labute approximate surface area is 160 Å². The lowest BCUT2D eigenvalue weighted by molar-refractivity contribution is 0.0693. The van der Waals surface area contributed by atoms with Crippen LogP contribution in [-0.4, -0.2) is 46.0 Å². The van der Waals surface area contributed by atoms with Crippen LogP contribution in [0.15, 0.2) is 41.5 Å². The third kappa shape index (κ3) is 4.21. The molecule has 0 spiro atoms. The molecule has 1 unspecified atom stereocenters. The summed E-state index contributed by atoms with van der Waals surface area (Å²) in [7, 11) is -1.39. The Hall–Kier alpha value is -3.60. The fraction of sp³-hybridized carbons (Fsp3) is 0.176. The van der Waals surface area contributed by atoms with E-state index in [0.717, 1.165) is 0 Å². The van der Waals surface area contributed by atoms with Crippen molar-refractivity contribution in [3.63, 3.8) is 0 Å². The van der Waals surface area contributed by atoms with Crippen molar-refractivity contribution < 1.29 is 24.4 Å². The molecule has 10 nitrogen and oxygen atoms in total. The standard InChI is InChI=1S/C17H18BN5O5/c19-17(20)22-8-11-6-10(4-5-21-11)15(24)23-13-7-9-2-1-3-12(16(25)26)14(9)28-18(13)27/h1-6,13,27H,7-8H2,(H,23,24)(H,25,26)(H4,19,20,22). The van der Waals surface area contributed by atoms with Gasteiger partial charge in [-0.25, -0.2) is 9.79 Å². The molecular weight excluding hydrogens is 365 g/mol. The number of nitrogens with one attached hydrogen (secondary N) is 1. The largest absolute Gasteiger partial charge is 0.547 e. The average molecular weight is 383 g/mol. The smallest absolute Gasteiger partial charge is 0.534 e. The first-order valence-corrected chi connectivity index (χ1v) is 8.36. The molecule has 0 aliphatic carbocycles. The molecule has 3 rings (SSSR count). The van der Waals surface area contributed by atoms with Gasteiger partial charge in [-0.2, -0.15) is 0 Å². The summed E-state index contributed by atoms with van der Waals surface area (Å²) < 4.78 is 5.36. The monoisotopic (exact) mass is 383 g/mol. The summed E-state index contributed by atoms with van der Waals surface area (Å²) in [5, 5.41) is 22.2. The van der Waals surface area contributed by atoms with Gasteiger partial charge in [0.15, 0.2) is 5.96 Å². The third-order valence-electron chi connectivity index (χ3n) is 4.17. The molecule has 0 fully saturated rings. The maximum absolute atomic E-state index is 12.6. The zero-order valence-electron chi connectivity index (χ0n) is 14.7. The Bertz CT molecular complexity index is 947.